The fraction of sp³-hybridized carbons (Fsp3) is 0.333. The van der Waals surface area contributed by atoms with Crippen LogP contribution in [0.4, 0.5) is 0 Å². The summed E-state index contributed by atoms with van der Waals surface area (Å²) < 4.78 is 12.3. The highest BCUT2D eigenvalue weighted by Gasteiger charge is 2.23. The van der Waals surface area contributed by atoms with Gasteiger partial charge in [-0.25, -0.2) is 4.79 Å². The molecule has 0 aliphatic heterocycles. The number of carbonyl (C=O) groups excluding carboxylic acids is 1. The van der Waals surface area contributed by atoms with Crippen LogP contribution in [-0.2, 0) is 17.9 Å². The SMILES string of the molecule is CCCCn1cc(COC(=O)c2c(-c3ccccc3)noc2C)nn1. The zero-order valence-corrected chi connectivity index (χ0v) is 14.3. The highest BCUT2D eigenvalue weighted by Crippen LogP contribution is 2.25. The quantitative estimate of drug-likeness (QED) is 0.613. The number of aromatic nitrogens is 4. The second-order valence-corrected chi connectivity index (χ2v) is 5.73. The third-order valence-electron chi connectivity index (χ3n) is 3.79. The topological polar surface area (TPSA) is 83.0 Å². The van der Waals surface area contributed by atoms with Gasteiger partial charge in [0.05, 0.1) is 6.20 Å². The first-order valence-electron chi connectivity index (χ1n) is 8.27. The number of esters is 1. The zero-order valence-electron chi connectivity index (χ0n) is 14.3. The lowest BCUT2D eigenvalue weighted by Gasteiger charge is -2.03. The molecule has 0 saturated carbocycles. The van der Waals surface area contributed by atoms with Gasteiger partial charge < -0.3 is 9.26 Å². The molecule has 0 amide bonds. The average Bonchev–Trinajstić information content (AvgIpc) is 3.25. The third kappa shape index (κ3) is 3.93. The second-order valence-electron chi connectivity index (χ2n) is 5.73. The predicted molar refractivity (Wildman–Crippen MR) is 90.7 cm³/mol. The van der Waals surface area contributed by atoms with E-state index in [2.05, 4.69) is 22.4 Å². The first-order valence-corrected chi connectivity index (χ1v) is 8.27. The Morgan fingerprint density at radius 3 is 2.84 bits per heavy atom. The van der Waals surface area contributed by atoms with Gasteiger partial charge in [-0.1, -0.05) is 54.0 Å². The van der Waals surface area contributed by atoms with Gasteiger partial charge in [0.2, 0.25) is 0 Å². The standard InChI is InChI=1S/C18H20N4O3/c1-3-4-10-22-11-15(19-21-22)12-24-18(23)16-13(2)25-20-17(16)14-8-6-5-7-9-14/h5-9,11H,3-4,10,12H2,1-2H3. The molecule has 0 bridgehead atoms. The van der Waals surface area contributed by atoms with Crippen LogP contribution >= 0.6 is 0 Å². The Morgan fingerprint density at radius 1 is 1.28 bits per heavy atom. The van der Waals surface area contributed by atoms with Crippen LogP contribution in [0.15, 0.2) is 41.1 Å². The molecule has 0 aliphatic carbocycles. The van der Waals surface area contributed by atoms with E-state index in [1.54, 1.807) is 17.8 Å². The van der Waals surface area contributed by atoms with Gasteiger partial charge in [-0.15, -0.1) is 5.10 Å². The smallest absolute Gasteiger partial charge is 0.344 e. The fourth-order valence-electron chi connectivity index (χ4n) is 2.45. The van der Waals surface area contributed by atoms with Crippen LogP contribution in [0.25, 0.3) is 11.3 Å². The summed E-state index contributed by atoms with van der Waals surface area (Å²) in [6.07, 6.45) is 3.91. The molecule has 0 N–H and O–H groups in total. The van der Waals surface area contributed by atoms with Crippen molar-refractivity contribution in [3.63, 3.8) is 0 Å². The minimum Gasteiger partial charge on any atom is -0.455 e. The summed E-state index contributed by atoms with van der Waals surface area (Å²) in [5, 5.41) is 12.0. The molecule has 3 aromatic rings. The van der Waals surface area contributed by atoms with Gasteiger partial charge in [0.1, 0.15) is 29.3 Å². The Hall–Kier alpha value is -2.96. The van der Waals surface area contributed by atoms with Crippen molar-refractivity contribution in [1.82, 2.24) is 20.2 Å². The molecule has 130 valence electrons. The monoisotopic (exact) mass is 340 g/mol. The molecule has 0 spiro atoms. The molecule has 2 aromatic heterocycles. The number of rotatable bonds is 7. The van der Waals surface area contributed by atoms with E-state index in [0.29, 0.717) is 22.7 Å². The van der Waals surface area contributed by atoms with E-state index < -0.39 is 5.97 Å². The maximum Gasteiger partial charge on any atom is 0.344 e. The Labute approximate surface area is 145 Å². The van der Waals surface area contributed by atoms with Crippen LogP contribution in [0, 0.1) is 6.92 Å². The summed E-state index contributed by atoms with van der Waals surface area (Å²) in [5.41, 5.74) is 2.23. The molecular formula is C18H20N4O3. The van der Waals surface area contributed by atoms with Crippen molar-refractivity contribution in [2.24, 2.45) is 0 Å². The van der Waals surface area contributed by atoms with Crippen LogP contribution in [0.2, 0.25) is 0 Å². The van der Waals surface area contributed by atoms with E-state index >= 15 is 0 Å². The van der Waals surface area contributed by atoms with Crippen LogP contribution in [0.3, 0.4) is 0 Å². The minimum absolute atomic E-state index is 0.0593. The summed E-state index contributed by atoms with van der Waals surface area (Å²) in [5.74, 6) is -0.0591. The van der Waals surface area contributed by atoms with Gasteiger partial charge in [-0.05, 0) is 13.3 Å². The van der Waals surface area contributed by atoms with Gasteiger partial charge >= 0.3 is 5.97 Å². The lowest BCUT2D eigenvalue weighted by molar-refractivity contribution is 0.0466. The van der Waals surface area contributed by atoms with Gasteiger partial charge in [0.25, 0.3) is 0 Å². The first kappa shape index (κ1) is 16.9. The van der Waals surface area contributed by atoms with Gasteiger partial charge in [0, 0.05) is 12.1 Å². The molecule has 0 aliphatic rings. The van der Waals surface area contributed by atoms with Crippen LogP contribution in [-0.4, -0.2) is 26.1 Å². The minimum atomic E-state index is -0.485. The first-order chi connectivity index (χ1) is 12.2. The molecule has 7 nitrogen and oxygen atoms in total. The summed E-state index contributed by atoms with van der Waals surface area (Å²) in [4.78, 5) is 12.5. The van der Waals surface area contributed by atoms with Crippen LogP contribution in [0.5, 0.6) is 0 Å². The maximum absolute atomic E-state index is 12.5. The van der Waals surface area contributed by atoms with Crippen molar-refractivity contribution in [3.8, 4) is 11.3 Å². The number of carbonyl (C=O) groups is 1. The predicted octanol–water partition coefficient (Wildman–Crippen LogP) is 3.40. The molecule has 0 saturated heterocycles. The Balaban J connectivity index is 1.70. The summed E-state index contributed by atoms with van der Waals surface area (Å²) in [6.45, 7) is 4.67. The van der Waals surface area contributed by atoms with E-state index in [-0.39, 0.29) is 6.61 Å². The van der Waals surface area contributed by atoms with Gasteiger partial charge in [-0.3, -0.25) is 4.68 Å². The van der Waals surface area contributed by atoms with E-state index in [4.69, 9.17) is 9.26 Å². The molecule has 7 heteroatoms. The normalized spacial score (nSPS) is 10.8. The zero-order chi connectivity index (χ0) is 17.6. The van der Waals surface area contributed by atoms with Gasteiger partial charge in [0.15, 0.2) is 0 Å². The van der Waals surface area contributed by atoms with Gasteiger partial charge in [-0.2, -0.15) is 0 Å². The largest absolute Gasteiger partial charge is 0.455 e. The lowest BCUT2D eigenvalue weighted by Crippen LogP contribution is -2.07. The Kier molecular flexibility index (Phi) is 5.23. The van der Waals surface area contributed by atoms with Crippen molar-refractivity contribution >= 4 is 5.97 Å². The number of ether oxygens (including phenoxy) is 1. The number of nitrogens with zero attached hydrogens (tertiary/aromatic N) is 4. The van der Waals surface area contributed by atoms with Crippen molar-refractivity contribution < 1.29 is 14.1 Å². The highest BCUT2D eigenvalue weighted by atomic mass is 16.5. The summed E-state index contributed by atoms with van der Waals surface area (Å²) >= 11 is 0. The molecule has 3 rings (SSSR count). The molecule has 1 aromatic carbocycles. The molecular weight excluding hydrogens is 320 g/mol. The number of hydrogen-bond donors (Lipinski definition) is 0. The van der Waals surface area contributed by atoms with Crippen molar-refractivity contribution in [3.05, 3.63) is 53.5 Å². The van der Waals surface area contributed by atoms with Crippen LogP contribution in [0.1, 0.15) is 41.6 Å². The second kappa shape index (κ2) is 7.74. The molecule has 0 radical (unpaired) electrons. The van der Waals surface area contributed by atoms with Crippen molar-refractivity contribution in [1.29, 1.82) is 0 Å². The van der Waals surface area contributed by atoms with Crippen molar-refractivity contribution in [2.45, 2.75) is 39.8 Å². The lowest BCUT2D eigenvalue weighted by atomic mass is 10.1. The van der Waals surface area contributed by atoms with E-state index in [0.717, 1.165) is 24.9 Å². The summed E-state index contributed by atoms with van der Waals surface area (Å²) in [7, 11) is 0. The summed E-state index contributed by atoms with van der Waals surface area (Å²) in [6, 6.07) is 9.39. The van der Waals surface area contributed by atoms with E-state index in [1.165, 1.54) is 0 Å². The number of hydrogen-bond acceptors (Lipinski definition) is 6. The molecule has 2 heterocycles. The fourth-order valence-corrected chi connectivity index (χ4v) is 2.45. The number of benzene rings is 1. The highest BCUT2D eigenvalue weighted by molar-refractivity contribution is 5.97. The van der Waals surface area contributed by atoms with Crippen molar-refractivity contribution in [2.75, 3.05) is 0 Å². The maximum atomic E-state index is 12.5. The van der Waals surface area contributed by atoms with E-state index in [1.807, 2.05) is 30.3 Å². The average molecular weight is 340 g/mol. The molecule has 0 fully saturated rings. The molecule has 0 unspecified atom stereocenters. The number of aryl methyl sites for hydroxylation is 2. The van der Waals surface area contributed by atoms with E-state index in [9.17, 15) is 4.79 Å². The molecule has 0 atom stereocenters. The Bertz CT molecular complexity index is 839. The number of unbranched alkanes of at least 4 members (excludes halogenated alkanes) is 1. The third-order valence-corrected chi connectivity index (χ3v) is 3.79. The Morgan fingerprint density at radius 2 is 2.08 bits per heavy atom. The molecule has 25 heavy (non-hydrogen) atoms. The van der Waals surface area contributed by atoms with Crippen LogP contribution < -0.4 is 0 Å².